The summed E-state index contributed by atoms with van der Waals surface area (Å²) >= 11 is 0. The molecule has 10 heteroatoms. The number of unbranched alkanes of at least 4 members (excludes halogenated alkanes) is 2. The van der Waals surface area contributed by atoms with Crippen LogP contribution in [0.25, 0.3) is 0 Å². The summed E-state index contributed by atoms with van der Waals surface area (Å²) in [5.41, 5.74) is 4.28. The molecule has 2 atom stereocenters. The Morgan fingerprint density at radius 3 is 1.33 bits per heavy atom. The second kappa shape index (κ2) is 17.2. The number of hydrogen-bond donors (Lipinski definition) is 0. The van der Waals surface area contributed by atoms with E-state index in [0.717, 1.165) is 53.6 Å². The number of nitrogens with zero attached hydrogens (tertiary/aromatic N) is 2. The van der Waals surface area contributed by atoms with E-state index < -0.39 is 0 Å². The summed E-state index contributed by atoms with van der Waals surface area (Å²) in [5, 5.41) is 0. The first-order valence-electron chi connectivity index (χ1n) is 16.4. The number of esters is 2. The number of ether oxygens (including phenoxy) is 6. The van der Waals surface area contributed by atoms with Gasteiger partial charge in [0.2, 0.25) is 0 Å². The van der Waals surface area contributed by atoms with Crippen LogP contribution in [0.4, 0.5) is 11.4 Å². The maximum Gasteiger partial charge on any atom is 0.338 e. The SMILES string of the molecule is O=C(OCCCCCOC(=O)c1ccc(C=Nc2ccc(OCC3CO3)cc2)cc1)c1ccc(C=Nc2ccc(OCC3CO3)cc2)cc1. The van der Waals surface area contributed by atoms with E-state index in [1.54, 1.807) is 36.7 Å². The monoisotopic (exact) mass is 662 g/mol. The summed E-state index contributed by atoms with van der Waals surface area (Å²) in [6.07, 6.45) is 6.02. The molecule has 0 bridgehead atoms. The van der Waals surface area contributed by atoms with Crippen LogP contribution in [0, 0.1) is 0 Å². The lowest BCUT2D eigenvalue weighted by Crippen LogP contribution is -2.08. The molecule has 4 aromatic rings. The van der Waals surface area contributed by atoms with Crippen LogP contribution >= 0.6 is 0 Å². The van der Waals surface area contributed by atoms with Crippen LogP contribution in [0.5, 0.6) is 11.5 Å². The Morgan fingerprint density at radius 1 is 0.571 bits per heavy atom. The first-order valence-corrected chi connectivity index (χ1v) is 16.4. The molecule has 49 heavy (non-hydrogen) atoms. The predicted octanol–water partition coefficient (Wildman–Crippen LogP) is 6.93. The van der Waals surface area contributed by atoms with Gasteiger partial charge in [-0.3, -0.25) is 9.98 Å². The van der Waals surface area contributed by atoms with Gasteiger partial charge in [0, 0.05) is 12.4 Å². The van der Waals surface area contributed by atoms with E-state index in [2.05, 4.69) is 9.98 Å². The number of benzene rings is 4. The van der Waals surface area contributed by atoms with E-state index >= 15 is 0 Å². The number of rotatable bonds is 18. The van der Waals surface area contributed by atoms with Crippen LogP contribution in [0.2, 0.25) is 0 Å². The van der Waals surface area contributed by atoms with Gasteiger partial charge < -0.3 is 28.4 Å². The van der Waals surface area contributed by atoms with Crippen LogP contribution in [0.15, 0.2) is 107 Å². The first-order chi connectivity index (χ1) is 24.1. The fourth-order valence-electron chi connectivity index (χ4n) is 4.55. The van der Waals surface area contributed by atoms with Crippen LogP contribution in [0.1, 0.15) is 51.1 Å². The van der Waals surface area contributed by atoms with Gasteiger partial charge in [0.1, 0.15) is 36.9 Å². The van der Waals surface area contributed by atoms with Crippen molar-refractivity contribution in [1.29, 1.82) is 0 Å². The average Bonchev–Trinajstić information content (AvgIpc) is 4.09. The van der Waals surface area contributed by atoms with Gasteiger partial charge in [0.15, 0.2) is 0 Å². The summed E-state index contributed by atoms with van der Waals surface area (Å²) in [6, 6.07) is 29.3. The molecule has 6 rings (SSSR count). The molecule has 0 amide bonds. The van der Waals surface area contributed by atoms with Crippen LogP contribution in [-0.4, -0.2) is 76.2 Å². The van der Waals surface area contributed by atoms with Crippen LogP contribution < -0.4 is 9.47 Å². The molecule has 2 aliphatic heterocycles. The third-order valence-electron chi connectivity index (χ3n) is 7.62. The minimum Gasteiger partial charge on any atom is -0.491 e. The highest BCUT2D eigenvalue weighted by Gasteiger charge is 2.23. The molecule has 0 aromatic heterocycles. The Balaban J connectivity index is 0.823. The maximum absolute atomic E-state index is 12.4. The van der Waals surface area contributed by atoms with E-state index in [9.17, 15) is 9.59 Å². The lowest BCUT2D eigenvalue weighted by atomic mass is 10.1. The summed E-state index contributed by atoms with van der Waals surface area (Å²) in [6.45, 7) is 3.24. The zero-order valence-electron chi connectivity index (χ0n) is 27.1. The van der Waals surface area contributed by atoms with Gasteiger partial charge >= 0.3 is 11.9 Å². The molecule has 2 saturated heterocycles. The average molecular weight is 663 g/mol. The Morgan fingerprint density at radius 2 is 0.959 bits per heavy atom. The van der Waals surface area contributed by atoms with Gasteiger partial charge in [-0.1, -0.05) is 24.3 Å². The highest BCUT2D eigenvalue weighted by atomic mass is 16.6. The van der Waals surface area contributed by atoms with Crippen molar-refractivity contribution in [3.63, 3.8) is 0 Å². The van der Waals surface area contributed by atoms with Crippen molar-refractivity contribution >= 4 is 35.7 Å². The van der Waals surface area contributed by atoms with Crippen molar-refractivity contribution in [3.8, 4) is 11.5 Å². The summed E-state index contributed by atoms with van der Waals surface area (Å²) in [5.74, 6) is 0.814. The van der Waals surface area contributed by atoms with E-state index in [-0.39, 0.29) is 24.1 Å². The highest BCUT2D eigenvalue weighted by molar-refractivity contribution is 5.91. The van der Waals surface area contributed by atoms with Gasteiger partial charge in [-0.2, -0.15) is 0 Å². The Labute approximate surface area is 285 Å². The highest BCUT2D eigenvalue weighted by Crippen LogP contribution is 2.21. The molecule has 0 N–H and O–H groups in total. The minimum absolute atomic E-state index is 0.218. The van der Waals surface area contributed by atoms with Gasteiger partial charge in [-0.15, -0.1) is 0 Å². The van der Waals surface area contributed by atoms with Gasteiger partial charge in [0.05, 0.1) is 48.9 Å². The second-order valence-electron chi connectivity index (χ2n) is 11.6. The molecule has 10 nitrogen and oxygen atoms in total. The van der Waals surface area contributed by atoms with Crippen molar-refractivity contribution in [3.05, 3.63) is 119 Å². The predicted molar refractivity (Wildman–Crippen MR) is 185 cm³/mol. The lowest BCUT2D eigenvalue weighted by Gasteiger charge is -2.07. The van der Waals surface area contributed by atoms with Gasteiger partial charge in [-0.25, -0.2) is 9.59 Å². The molecule has 2 unspecified atom stereocenters. The molecule has 4 aromatic carbocycles. The maximum atomic E-state index is 12.4. The van der Waals surface area contributed by atoms with E-state index in [0.29, 0.717) is 50.4 Å². The van der Waals surface area contributed by atoms with Crippen molar-refractivity contribution in [2.75, 3.05) is 39.6 Å². The largest absolute Gasteiger partial charge is 0.491 e. The third-order valence-corrected chi connectivity index (χ3v) is 7.62. The van der Waals surface area contributed by atoms with Crippen molar-refractivity contribution < 1.29 is 38.0 Å². The zero-order chi connectivity index (χ0) is 33.7. The number of hydrogen-bond acceptors (Lipinski definition) is 10. The van der Waals surface area contributed by atoms with Crippen molar-refractivity contribution in [1.82, 2.24) is 0 Å². The smallest absolute Gasteiger partial charge is 0.338 e. The molecule has 0 saturated carbocycles. The Hall–Kier alpha value is -5.32. The topological polar surface area (TPSA) is 121 Å². The van der Waals surface area contributed by atoms with Crippen LogP contribution in [0.3, 0.4) is 0 Å². The van der Waals surface area contributed by atoms with E-state index in [1.807, 2.05) is 72.8 Å². The van der Waals surface area contributed by atoms with Gasteiger partial charge in [0.25, 0.3) is 0 Å². The first kappa shape index (κ1) is 33.6. The fourth-order valence-corrected chi connectivity index (χ4v) is 4.55. The minimum atomic E-state index is -0.377. The summed E-state index contributed by atoms with van der Waals surface area (Å²) < 4.78 is 32.4. The van der Waals surface area contributed by atoms with Crippen molar-refractivity contribution in [2.24, 2.45) is 9.98 Å². The standard InChI is InChI=1S/C39H38N2O8/c42-38(30-8-4-28(5-9-30)22-40-32-12-16-34(17-13-32)46-24-36-26-48-36)44-20-2-1-3-21-45-39(43)31-10-6-29(7-11-31)23-41-33-14-18-35(19-15-33)47-25-37-27-49-37/h4-19,22-23,36-37H,1-3,20-21,24-27H2. The number of carbonyl (C=O) groups is 2. The third kappa shape index (κ3) is 11.4. The number of aliphatic imine (C=N–C) groups is 2. The van der Waals surface area contributed by atoms with Crippen molar-refractivity contribution in [2.45, 2.75) is 31.5 Å². The summed E-state index contributed by atoms with van der Waals surface area (Å²) in [7, 11) is 0. The molecule has 0 radical (unpaired) electrons. The van der Waals surface area contributed by atoms with E-state index in [1.165, 1.54) is 0 Å². The molecule has 2 heterocycles. The van der Waals surface area contributed by atoms with E-state index in [4.69, 9.17) is 28.4 Å². The Bertz CT molecular complexity index is 1580. The van der Waals surface area contributed by atoms with Gasteiger partial charge in [-0.05, 0) is 103 Å². The molecular formula is C39H38N2O8. The second-order valence-corrected chi connectivity index (χ2v) is 11.6. The summed E-state index contributed by atoms with van der Waals surface area (Å²) in [4.78, 5) is 33.8. The number of epoxide rings is 2. The molecule has 0 spiro atoms. The zero-order valence-corrected chi connectivity index (χ0v) is 27.1. The molecule has 0 aliphatic carbocycles. The molecule has 252 valence electrons. The molecule has 2 fully saturated rings. The van der Waals surface area contributed by atoms with Crippen LogP contribution in [-0.2, 0) is 18.9 Å². The fraction of sp³-hybridized carbons (Fsp3) is 0.282. The normalized spacial score (nSPS) is 16.4. The lowest BCUT2D eigenvalue weighted by molar-refractivity contribution is 0.0478. The molecule has 2 aliphatic rings. The molecular weight excluding hydrogens is 624 g/mol. The quantitative estimate of drug-likeness (QED) is 0.0487. The Kier molecular flexibility index (Phi) is 11.8. The number of carbonyl (C=O) groups excluding carboxylic acids is 2.